The van der Waals surface area contributed by atoms with Crippen LogP contribution in [0.2, 0.25) is 0 Å². The Hall–Kier alpha value is 0.270. The number of hydrogen-bond donors (Lipinski definition) is 1. The Morgan fingerprint density at radius 2 is 2.12 bits per heavy atom. The summed E-state index contributed by atoms with van der Waals surface area (Å²) in [5.74, 6) is 1.27. The van der Waals surface area contributed by atoms with Crippen molar-refractivity contribution in [3.05, 3.63) is 0 Å². The molecule has 0 bridgehead atoms. The van der Waals surface area contributed by atoms with Crippen LogP contribution in [-0.4, -0.2) is 36.8 Å². The molecule has 1 fully saturated rings. The van der Waals surface area contributed by atoms with E-state index in [0.717, 1.165) is 13.2 Å². The average molecular weight is 259 g/mol. The van der Waals surface area contributed by atoms with Gasteiger partial charge in [0.25, 0.3) is 0 Å². The summed E-state index contributed by atoms with van der Waals surface area (Å²) >= 11 is 1.95. The zero-order valence-electron chi connectivity index (χ0n) is 12.1. The minimum absolute atomic E-state index is 0.203. The van der Waals surface area contributed by atoms with Gasteiger partial charge < -0.3 is 10.1 Å². The van der Waals surface area contributed by atoms with Gasteiger partial charge in [0.05, 0.1) is 6.10 Å². The summed E-state index contributed by atoms with van der Waals surface area (Å²) in [5, 5.41) is 3.68. The van der Waals surface area contributed by atoms with Crippen LogP contribution >= 0.6 is 11.8 Å². The fourth-order valence-corrected chi connectivity index (χ4v) is 2.91. The molecule has 2 atom stereocenters. The fourth-order valence-electron chi connectivity index (χ4n) is 2.48. The molecule has 3 heteroatoms. The van der Waals surface area contributed by atoms with Crippen molar-refractivity contribution in [2.75, 3.05) is 25.2 Å². The lowest BCUT2D eigenvalue weighted by Gasteiger charge is -2.36. The first-order chi connectivity index (χ1) is 7.90. The highest BCUT2D eigenvalue weighted by atomic mass is 32.2. The Morgan fingerprint density at radius 3 is 2.59 bits per heavy atom. The van der Waals surface area contributed by atoms with Crippen molar-refractivity contribution in [3.63, 3.8) is 0 Å². The Balaban J connectivity index is 2.53. The molecule has 102 valence electrons. The Labute approximate surface area is 111 Å². The van der Waals surface area contributed by atoms with Crippen molar-refractivity contribution >= 4 is 11.8 Å². The van der Waals surface area contributed by atoms with E-state index in [0.29, 0.717) is 11.5 Å². The van der Waals surface area contributed by atoms with Crippen LogP contribution in [-0.2, 0) is 4.74 Å². The minimum atomic E-state index is 0.203. The molecule has 1 saturated heterocycles. The second-order valence-electron chi connectivity index (χ2n) is 6.33. The van der Waals surface area contributed by atoms with Crippen molar-refractivity contribution in [3.8, 4) is 0 Å². The largest absolute Gasteiger partial charge is 0.378 e. The molecule has 0 spiro atoms. The fraction of sp³-hybridized carbons (Fsp3) is 1.00. The van der Waals surface area contributed by atoms with E-state index in [9.17, 15) is 0 Å². The second-order valence-corrected chi connectivity index (χ2v) is 7.31. The normalized spacial score (nSPS) is 29.8. The SMILES string of the molecule is CSCCCC1(CNC(C)(C)C)CCOC1C. The lowest BCUT2D eigenvalue weighted by Crippen LogP contribution is -2.46. The minimum Gasteiger partial charge on any atom is -0.378 e. The number of nitrogens with one attached hydrogen (secondary N) is 1. The van der Waals surface area contributed by atoms with E-state index < -0.39 is 0 Å². The third kappa shape index (κ3) is 4.80. The summed E-state index contributed by atoms with van der Waals surface area (Å²) in [4.78, 5) is 0. The van der Waals surface area contributed by atoms with E-state index in [1.807, 2.05) is 11.8 Å². The standard InChI is InChI=1S/C14H29NOS/c1-12-14(8-9-16-12,7-6-10-17-5)11-15-13(2,3)4/h12,15H,6-11H2,1-5H3. The molecule has 0 radical (unpaired) electrons. The predicted molar refractivity (Wildman–Crippen MR) is 77.8 cm³/mol. The van der Waals surface area contributed by atoms with Crippen LogP contribution in [0.5, 0.6) is 0 Å². The molecular weight excluding hydrogens is 230 g/mol. The molecule has 17 heavy (non-hydrogen) atoms. The van der Waals surface area contributed by atoms with E-state index in [-0.39, 0.29) is 5.54 Å². The van der Waals surface area contributed by atoms with Gasteiger partial charge >= 0.3 is 0 Å². The molecule has 0 aromatic rings. The third-order valence-electron chi connectivity index (χ3n) is 3.82. The Kier molecular flexibility index (Phi) is 5.81. The van der Waals surface area contributed by atoms with Crippen LogP contribution in [0.4, 0.5) is 0 Å². The van der Waals surface area contributed by atoms with Gasteiger partial charge in [0.15, 0.2) is 0 Å². The first kappa shape index (κ1) is 15.3. The van der Waals surface area contributed by atoms with E-state index in [1.165, 1.54) is 25.0 Å². The number of thioether (sulfide) groups is 1. The van der Waals surface area contributed by atoms with Gasteiger partial charge in [0.1, 0.15) is 0 Å². The summed E-state index contributed by atoms with van der Waals surface area (Å²) in [5.41, 5.74) is 0.567. The van der Waals surface area contributed by atoms with Crippen molar-refractivity contribution in [1.82, 2.24) is 5.32 Å². The predicted octanol–water partition coefficient (Wildman–Crippen LogP) is 3.31. The first-order valence-electron chi connectivity index (χ1n) is 6.75. The van der Waals surface area contributed by atoms with E-state index >= 15 is 0 Å². The molecule has 0 aliphatic carbocycles. The van der Waals surface area contributed by atoms with Crippen LogP contribution in [0.15, 0.2) is 0 Å². The van der Waals surface area contributed by atoms with E-state index in [4.69, 9.17) is 4.74 Å². The molecular formula is C14H29NOS. The van der Waals surface area contributed by atoms with Crippen LogP contribution in [0, 0.1) is 5.41 Å². The summed E-state index contributed by atoms with van der Waals surface area (Å²) in [6, 6.07) is 0. The summed E-state index contributed by atoms with van der Waals surface area (Å²) in [6.45, 7) is 11.0. The van der Waals surface area contributed by atoms with Crippen LogP contribution in [0.3, 0.4) is 0 Å². The van der Waals surface area contributed by atoms with Crippen molar-refractivity contribution in [2.45, 2.75) is 58.6 Å². The van der Waals surface area contributed by atoms with Gasteiger partial charge in [-0.1, -0.05) is 0 Å². The van der Waals surface area contributed by atoms with Gasteiger partial charge in [-0.25, -0.2) is 0 Å². The molecule has 2 unspecified atom stereocenters. The Bertz CT molecular complexity index is 227. The first-order valence-corrected chi connectivity index (χ1v) is 8.15. The molecule has 0 amide bonds. The smallest absolute Gasteiger partial charge is 0.0616 e. The molecule has 2 nitrogen and oxygen atoms in total. The molecule has 1 heterocycles. The maximum Gasteiger partial charge on any atom is 0.0616 e. The van der Waals surface area contributed by atoms with Gasteiger partial charge in [-0.15, -0.1) is 0 Å². The van der Waals surface area contributed by atoms with Gasteiger partial charge in [-0.2, -0.15) is 11.8 Å². The summed E-state index contributed by atoms with van der Waals surface area (Å²) in [6.07, 6.45) is 6.40. The molecule has 1 aliphatic rings. The number of ether oxygens (including phenoxy) is 1. The molecule has 1 rings (SSSR count). The summed E-state index contributed by atoms with van der Waals surface area (Å²) in [7, 11) is 0. The molecule has 1 aliphatic heterocycles. The van der Waals surface area contributed by atoms with Crippen LogP contribution < -0.4 is 5.32 Å². The lowest BCUT2D eigenvalue weighted by atomic mass is 9.77. The molecule has 0 aromatic heterocycles. The van der Waals surface area contributed by atoms with E-state index in [2.05, 4.69) is 39.3 Å². The van der Waals surface area contributed by atoms with Crippen molar-refractivity contribution in [2.24, 2.45) is 5.41 Å². The zero-order chi connectivity index (χ0) is 12.9. The van der Waals surface area contributed by atoms with Crippen LogP contribution in [0.1, 0.15) is 47.0 Å². The van der Waals surface area contributed by atoms with Gasteiger partial charge in [0.2, 0.25) is 0 Å². The number of rotatable bonds is 6. The lowest BCUT2D eigenvalue weighted by molar-refractivity contribution is 0.0549. The molecule has 0 aromatic carbocycles. The quantitative estimate of drug-likeness (QED) is 0.740. The zero-order valence-corrected chi connectivity index (χ0v) is 13.0. The highest BCUT2D eigenvalue weighted by Crippen LogP contribution is 2.39. The molecule has 0 saturated carbocycles. The van der Waals surface area contributed by atoms with Gasteiger partial charge in [-0.05, 0) is 59.0 Å². The van der Waals surface area contributed by atoms with Gasteiger partial charge in [-0.3, -0.25) is 0 Å². The van der Waals surface area contributed by atoms with Crippen molar-refractivity contribution in [1.29, 1.82) is 0 Å². The highest BCUT2D eigenvalue weighted by molar-refractivity contribution is 7.98. The van der Waals surface area contributed by atoms with E-state index in [1.54, 1.807) is 0 Å². The third-order valence-corrected chi connectivity index (χ3v) is 4.52. The highest BCUT2D eigenvalue weighted by Gasteiger charge is 2.41. The topological polar surface area (TPSA) is 21.3 Å². The van der Waals surface area contributed by atoms with Crippen molar-refractivity contribution < 1.29 is 4.74 Å². The monoisotopic (exact) mass is 259 g/mol. The number of hydrogen-bond acceptors (Lipinski definition) is 3. The maximum atomic E-state index is 5.82. The second kappa shape index (κ2) is 6.44. The van der Waals surface area contributed by atoms with Gasteiger partial charge in [0, 0.05) is 24.1 Å². The molecule has 1 N–H and O–H groups in total. The Morgan fingerprint density at radius 1 is 1.41 bits per heavy atom. The van der Waals surface area contributed by atoms with Crippen LogP contribution in [0.25, 0.3) is 0 Å². The summed E-state index contributed by atoms with van der Waals surface area (Å²) < 4.78 is 5.82. The maximum absolute atomic E-state index is 5.82. The average Bonchev–Trinajstić information content (AvgIpc) is 2.58.